The van der Waals surface area contributed by atoms with Crippen molar-refractivity contribution in [3.8, 4) is 0 Å². The summed E-state index contributed by atoms with van der Waals surface area (Å²) in [6, 6.07) is 10.3. The molecule has 2 unspecified atom stereocenters. The maximum atomic E-state index is 12.3. The van der Waals surface area contributed by atoms with E-state index in [1.54, 1.807) is 0 Å². The number of nitrogens with zero attached hydrogens (tertiary/aromatic N) is 2. The first kappa shape index (κ1) is 18.0. The van der Waals surface area contributed by atoms with Gasteiger partial charge in [0.25, 0.3) is 0 Å². The first-order chi connectivity index (χ1) is 12.7. The van der Waals surface area contributed by atoms with Crippen LogP contribution >= 0.6 is 0 Å². The number of anilines is 1. The zero-order valence-corrected chi connectivity index (χ0v) is 16.3. The van der Waals surface area contributed by atoms with Crippen LogP contribution in [0.25, 0.3) is 0 Å². The highest BCUT2D eigenvalue weighted by Gasteiger charge is 2.32. The second-order valence-corrected chi connectivity index (χ2v) is 8.85. The third-order valence-corrected chi connectivity index (χ3v) is 6.93. The number of rotatable bonds is 6. The van der Waals surface area contributed by atoms with E-state index in [-0.39, 0.29) is 0 Å². The summed E-state index contributed by atoms with van der Waals surface area (Å²) >= 11 is 0. The van der Waals surface area contributed by atoms with Crippen LogP contribution in [0.15, 0.2) is 24.3 Å². The molecule has 2 heterocycles. The Hall–Kier alpha value is -1.35. The predicted molar refractivity (Wildman–Crippen MR) is 108 cm³/mol. The van der Waals surface area contributed by atoms with Crippen molar-refractivity contribution >= 4 is 11.5 Å². The molecule has 3 nitrogen and oxygen atoms in total. The van der Waals surface area contributed by atoms with Gasteiger partial charge in [0, 0.05) is 43.7 Å². The SMILES string of the molecule is CC1CCCN1C1CCN(c2ccc(CC(=O)CC3CCCC3)cc2)C1. The number of benzene rings is 1. The Labute approximate surface area is 158 Å². The van der Waals surface area contributed by atoms with Crippen molar-refractivity contribution in [3.05, 3.63) is 29.8 Å². The fraction of sp³-hybridized carbons (Fsp3) is 0.696. The largest absolute Gasteiger partial charge is 0.370 e. The molecule has 4 rings (SSSR count). The minimum Gasteiger partial charge on any atom is -0.370 e. The Morgan fingerprint density at radius 1 is 1.00 bits per heavy atom. The van der Waals surface area contributed by atoms with Gasteiger partial charge in [0.15, 0.2) is 0 Å². The normalized spacial score (nSPS) is 27.5. The highest BCUT2D eigenvalue weighted by Crippen LogP contribution is 2.29. The van der Waals surface area contributed by atoms with E-state index in [9.17, 15) is 4.79 Å². The van der Waals surface area contributed by atoms with E-state index in [1.807, 2.05) is 0 Å². The second-order valence-electron chi connectivity index (χ2n) is 8.85. The molecule has 0 spiro atoms. The minimum atomic E-state index is 0.425. The van der Waals surface area contributed by atoms with Gasteiger partial charge < -0.3 is 4.90 Å². The van der Waals surface area contributed by atoms with Crippen molar-refractivity contribution in [2.75, 3.05) is 24.5 Å². The zero-order valence-electron chi connectivity index (χ0n) is 16.3. The molecular formula is C23H34N2O. The van der Waals surface area contributed by atoms with E-state index >= 15 is 0 Å². The van der Waals surface area contributed by atoms with E-state index < -0.39 is 0 Å². The van der Waals surface area contributed by atoms with E-state index in [0.29, 0.717) is 18.1 Å². The summed E-state index contributed by atoms with van der Waals surface area (Å²) < 4.78 is 0. The van der Waals surface area contributed by atoms with Crippen molar-refractivity contribution in [2.24, 2.45) is 5.92 Å². The first-order valence-corrected chi connectivity index (χ1v) is 10.8. The van der Waals surface area contributed by atoms with Crippen molar-refractivity contribution in [1.82, 2.24) is 4.90 Å². The van der Waals surface area contributed by atoms with Crippen LogP contribution in [0.4, 0.5) is 5.69 Å². The Morgan fingerprint density at radius 3 is 2.46 bits per heavy atom. The lowest BCUT2D eigenvalue weighted by molar-refractivity contribution is -0.119. The average Bonchev–Trinajstić information content (AvgIpc) is 3.37. The summed E-state index contributed by atoms with van der Waals surface area (Å²) in [5, 5.41) is 0. The topological polar surface area (TPSA) is 23.6 Å². The molecule has 0 amide bonds. The van der Waals surface area contributed by atoms with Crippen LogP contribution in [0.1, 0.15) is 63.9 Å². The lowest BCUT2D eigenvalue weighted by Crippen LogP contribution is -2.39. The second kappa shape index (κ2) is 8.12. The average molecular weight is 355 g/mol. The van der Waals surface area contributed by atoms with Crippen LogP contribution in [0.3, 0.4) is 0 Å². The van der Waals surface area contributed by atoms with Gasteiger partial charge in [0.05, 0.1) is 0 Å². The predicted octanol–water partition coefficient (Wildman–Crippen LogP) is 4.44. The molecule has 1 aromatic rings. The number of carbonyl (C=O) groups is 1. The van der Waals surface area contributed by atoms with Gasteiger partial charge in [-0.25, -0.2) is 0 Å². The van der Waals surface area contributed by atoms with Gasteiger partial charge in [-0.05, 0) is 56.3 Å². The van der Waals surface area contributed by atoms with Crippen molar-refractivity contribution < 1.29 is 4.79 Å². The van der Waals surface area contributed by atoms with E-state index in [2.05, 4.69) is 41.0 Å². The van der Waals surface area contributed by atoms with Gasteiger partial charge in [-0.15, -0.1) is 0 Å². The molecule has 0 N–H and O–H groups in total. The molecule has 2 atom stereocenters. The van der Waals surface area contributed by atoms with Crippen LogP contribution < -0.4 is 4.90 Å². The molecule has 2 aliphatic heterocycles. The molecule has 0 aromatic heterocycles. The molecule has 2 saturated heterocycles. The molecule has 3 heteroatoms. The molecule has 0 bridgehead atoms. The van der Waals surface area contributed by atoms with Crippen molar-refractivity contribution in [3.63, 3.8) is 0 Å². The molecule has 1 aromatic carbocycles. The fourth-order valence-electron chi connectivity index (χ4n) is 5.41. The number of Topliss-reactive ketones (excluding diaryl/α,β-unsaturated/α-hetero) is 1. The lowest BCUT2D eigenvalue weighted by atomic mass is 9.97. The first-order valence-electron chi connectivity index (χ1n) is 10.8. The molecule has 0 radical (unpaired) electrons. The van der Waals surface area contributed by atoms with Crippen LogP contribution in [-0.2, 0) is 11.2 Å². The summed E-state index contributed by atoms with van der Waals surface area (Å²) in [5.74, 6) is 1.09. The van der Waals surface area contributed by atoms with Crippen LogP contribution in [0.5, 0.6) is 0 Å². The maximum Gasteiger partial charge on any atom is 0.137 e. The highest BCUT2D eigenvalue weighted by atomic mass is 16.1. The molecule has 3 aliphatic rings. The highest BCUT2D eigenvalue weighted by molar-refractivity contribution is 5.81. The molecular weight excluding hydrogens is 320 g/mol. The van der Waals surface area contributed by atoms with Gasteiger partial charge in [-0.2, -0.15) is 0 Å². The number of hydrogen-bond acceptors (Lipinski definition) is 3. The summed E-state index contributed by atoms with van der Waals surface area (Å²) in [5.41, 5.74) is 2.51. The van der Waals surface area contributed by atoms with Gasteiger partial charge in [0.1, 0.15) is 5.78 Å². The van der Waals surface area contributed by atoms with Crippen molar-refractivity contribution in [1.29, 1.82) is 0 Å². The summed E-state index contributed by atoms with van der Waals surface area (Å²) in [6.45, 7) is 5.98. The Balaban J connectivity index is 1.29. The monoisotopic (exact) mass is 354 g/mol. The van der Waals surface area contributed by atoms with E-state index in [4.69, 9.17) is 0 Å². The smallest absolute Gasteiger partial charge is 0.137 e. The lowest BCUT2D eigenvalue weighted by Gasteiger charge is -2.28. The molecule has 26 heavy (non-hydrogen) atoms. The Morgan fingerprint density at radius 2 is 1.77 bits per heavy atom. The van der Waals surface area contributed by atoms with Gasteiger partial charge in [-0.1, -0.05) is 37.8 Å². The molecule has 1 aliphatic carbocycles. The van der Waals surface area contributed by atoms with E-state index in [1.165, 1.54) is 62.7 Å². The molecule has 142 valence electrons. The van der Waals surface area contributed by atoms with Gasteiger partial charge >= 0.3 is 0 Å². The van der Waals surface area contributed by atoms with Gasteiger partial charge in [-0.3, -0.25) is 9.69 Å². The number of likely N-dealkylation sites (tertiary alicyclic amines) is 1. The summed E-state index contributed by atoms with van der Waals surface area (Å²) in [7, 11) is 0. The Bertz CT molecular complexity index is 605. The summed E-state index contributed by atoms with van der Waals surface area (Å²) in [4.78, 5) is 17.6. The van der Waals surface area contributed by atoms with Crippen LogP contribution in [-0.4, -0.2) is 42.4 Å². The molecule has 1 saturated carbocycles. The van der Waals surface area contributed by atoms with Crippen molar-refractivity contribution in [2.45, 2.75) is 76.8 Å². The van der Waals surface area contributed by atoms with E-state index in [0.717, 1.165) is 31.6 Å². The number of hydrogen-bond donors (Lipinski definition) is 0. The van der Waals surface area contributed by atoms with Crippen LogP contribution in [0.2, 0.25) is 0 Å². The zero-order chi connectivity index (χ0) is 17.9. The Kier molecular flexibility index (Phi) is 5.63. The standard InChI is InChI=1S/C23H34N2O/c1-18-5-4-13-25(18)22-12-14-24(17-22)21-10-8-20(9-11-21)16-23(26)15-19-6-2-3-7-19/h8-11,18-19,22H,2-7,12-17H2,1H3. The quantitative estimate of drug-likeness (QED) is 0.754. The van der Waals surface area contributed by atoms with Crippen LogP contribution in [0, 0.1) is 5.92 Å². The molecule has 3 fully saturated rings. The van der Waals surface area contributed by atoms with Gasteiger partial charge in [0.2, 0.25) is 0 Å². The fourth-order valence-corrected chi connectivity index (χ4v) is 5.41. The number of carbonyl (C=O) groups excluding carboxylic acids is 1. The third kappa shape index (κ3) is 4.14. The summed E-state index contributed by atoms with van der Waals surface area (Å²) in [6.07, 6.45) is 10.6. The third-order valence-electron chi connectivity index (χ3n) is 6.93. The number of ketones is 1. The minimum absolute atomic E-state index is 0.425. The maximum absolute atomic E-state index is 12.3.